The van der Waals surface area contributed by atoms with Crippen molar-refractivity contribution in [1.29, 1.82) is 0 Å². The van der Waals surface area contributed by atoms with Gasteiger partial charge in [0, 0.05) is 18.2 Å². The molecule has 1 saturated carbocycles. The Labute approximate surface area is 164 Å². The van der Waals surface area contributed by atoms with Crippen molar-refractivity contribution in [3.8, 4) is 5.75 Å². The highest BCUT2D eigenvalue weighted by Gasteiger charge is 2.36. The predicted octanol–water partition coefficient (Wildman–Crippen LogP) is 3.78. The summed E-state index contributed by atoms with van der Waals surface area (Å²) >= 11 is 0. The fraction of sp³-hybridized carbons (Fsp3) is 0.455. The molecule has 0 spiro atoms. The van der Waals surface area contributed by atoms with E-state index in [1.54, 1.807) is 22.9 Å². The molecular formula is C22H27FN2O3. The molecule has 1 aromatic heterocycles. The van der Waals surface area contributed by atoms with Crippen LogP contribution < -0.4 is 15.9 Å². The molecule has 1 amide bonds. The number of benzene rings is 1. The number of aromatic nitrogens is 1. The van der Waals surface area contributed by atoms with Gasteiger partial charge in [0.25, 0.3) is 5.91 Å². The Kier molecular flexibility index (Phi) is 6.17. The zero-order valence-corrected chi connectivity index (χ0v) is 16.2. The first-order chi connectivity index (χ1) is 13.4. The average Bonchev–Trinajstić information content (AvgIpc) is 3.13. The third-order valence-corrected chi connectivity index (χ3v) is 5.55. The Morgan fingerprint density at radius 1 is 1.29 bits per heavy atom. The third-order valence-electron chi connectivity index (χ3n) is 5.55. The smallest absolute Gasteiger partial charge is 0.254 e. The van der Waals surface area contributed by atoms with E-state index in [2.05, 4.69) is 0 Å². The topological polar surface area (TPSA) is 74.3 Å². The molecule has 0 saturated heterocycles. The van der Waals surface area contributed by atoms with E-state index in [0.29, 0.717) is 13.2 Å². The zero-order valence-electron chi connectivity index (χ0n) is 16.2. The van der Waals surface area contributed by atoms with Gasteiger partial charge in [-0.3, -0.25) is 9.59 Å². The summed E-state index contributed by atoms with van der Waals surface area (Å²) in [5.41, 5.74) is 5.56. The van der Waals surface area contributed by atoms with E-state index in [-0.39, 0.29) is 22.5 Å². The minimum Gasteiger partial charge on any atom is -0.488 e. The van der Waals surface area contributed by atoms with Crippen LogP contribution in [0.2, 0.25) is 0 Å². The summed E-state index contributed by atoms with van der Waals surface area (Å²) < 4.78 is 21.3. The van der Waals surface area contributed by atoms with Gasteiger partial charge in [0.1, 0.15) is 11.4 Å². The minimum absolute atomic E-state index is 0.0820. The molecule has 2 N–H and O–H groups in total. The van der Waals surface area contributed by atoms with Crippen molar-refractivity contribution in [2.75, 3.05) is 6.61 Å². The maximum atomic E-state index is 13.9. The number of nitrogens with zero attached hydrogens (tertiary/aromatic N) is 1. The number of halogens is 1. The summed E-state index contributed by atoms with van der Waals surface area (Å²) in [6.45, 7) is 2.97. The molecule has 0 unspecified atom stereocenters. The maximum Gasteiger partial charge on any atom is 0.254 e. The van der Waals surface area contributed by atoms with E-state index in [0.717, 1.165) is 44.1 Å². The van der Waals surface area contributed by atoms with Crippen molar-refractivity contribution in [3.05, 3.63) is 63.8 Å². The van der Waals surface area contributed by atoms with E-state index < -0.39 is 11.3 Å². The molecule has 28 heavy (non-hydrogen) atoms. The van der Waals surface area contributed by atoms with Gasteiger partial charge in [0.2, 0.25) is 5.43 Å². The van der Waals surface area contributed by atoms with Crippen LogP contribution >= 0.6 is 0 Å². The standard InChI is InChI=1S/C22H27FN2O3/c1-2-3-11-28-19-14-25(13-18(20(19)26)21(24)27)15-22(9-4-5-10-22)16-7-6-8-17(23)12-16/h6-8,12-14H,2-5,9-11,15H2,1H3,(H2,24,27). The van der Waals surface area contributed by atoms with Gasteiger partial charge in [-0.25, -0.2) is 4.39 Å². The van der Waals surface area contributed by atoms with Crippen molar-refractivity contribution >= 4 is 5.91 Å². The lowest BCUT2D eigenvalue weighted by atomic mass is 9.78. The van der Waals surface area contributed by atoms with Crippen LogP contribution in [-0.2, 0) is 12.0 Å². The first kappa shape index (κ1) is 20.1. The van der Waals surface area contributed by atoms with Gasteiger partial charge in [-0.1, -0.05) is 38.3 Å². The molecule has 1 aliphatic carbocycles. The average molecular weight is 386 g/mol. The second-order valence-electron chi connectivity index (χ2n) is 7.60. The SMILES string of the molecule is CCCCOc1cn(CC2(c3cccc(F)c3)CCCC2)cc(C(N)=O)c1=O. The molecule has 1 heterocycles. The van der Waals surface area contributed by atoms with Crippen molar-refractivity contribution < 1.29 is 13.9 Å². The fourth-order valence-corrected chi connectivity index (χ4v) is 4.06. The van der Waals surface area contributed by atoms with Gasteiger partial charge < -0.3 is 15.0 Å². The van der Waals surface area contributed by atoms with Crippen LogP contribution in [0, 0.1) is 5.82 Å². The number of rotatable bonds is 8. The molecule has 2 aromatic rings. The van der Waals surface area contributed by atoms with Crippen LogP contribution in [0.25, 0.3) is 0 Å². The van der Waals surface area contributed by atoms with E-state index in [4.69, 9.17) is 10.5 Å². The molecule has 0 aliphatic heterocycles. The van der Waals surface area contributed by atoms with Gasteiger partial charge in [-0.2, -0.15) is 0 Å². The summed E-state index contributed by atoms with van der Waals surface area (Å²) in [6, 6.07) is 6.70. The lowest BCUT2D eigenvalue weighted by Crippen LogP contribution is -2.31. The van der Waals surface area contributed by atoms with Crippen molar-refractivity contribution in [3.63, 3.8) is 0 Å². The highest BCUT2D eigenvalue weighted by atomic mass is 19.1. The summed E-state index contributed by atoms with van der Waals surface area (Å²) in [7, 11) is 0. The maximum absolute atomic E-state index is 13.9. The third kappa shape index (κ3) is 4.26. The predicted molar refractivity (Wildman–Crippen MR) is 106 cm³/mol. The van der Waals surface area contributed by atoms with Gasteiger partial charge in [0.05, 0.1) is 12.8 Å². The fourth-order valence-electron chi connectivity index (χ4n) is 4.06. The molecule has 1 fully saturated rings. The van der Waals surface area contributed by atoms with Gasteiger partial charge in [0.15, 0.2) is 5.75 Å². The lowest BCUT2D eigenvalue weighted by molar-refractivity contribution is 0.0997. The summed E-state index contributed by atoms with van der Waals surface area (Å²) in [6.07, 6.45) is 8.83. The molecule has 0 bridgehead atoms. The Morgan fingerprint density at radius 3 is 2.68 bits per heavy atom. The number of carbonyl (C=O) groups is 1. The Balaban J connectivity index is 1.99. The van der Waals surface area contributed by atoms with Crippen molar-refractivity contribution in [2.45, 2.75) is 57.4 Å². The summed E-state index contributed by atoms with van der Waals surface area (Å²) in [5, 5.41) is 0. The van der Waals surface area contributed by atoms with Crippen LogP contribution in [0.5, 0.6) is 5.75 Å². The number of hydrogen-bond donors (Lipinski definition) is 1. The molecule has 0 radical (unpaired) electrons. The van der Waals surface area contributed by atoms with Crippen LogP contribution in [-0.4, -0.2) is 17.1 Å². The van der Waals surface area contributed by atoms with Crippen molar-refractivity contribution in [2.24, 2.45) is 5.73 Å². The molecular weight excluding hydrogens is 359 g/mol. The van der Waals surface area contributed by atoms with Gasteiger partial charge >= 0.3 is 0 Å². The van der Waals surface area contributed by atoms with E-state index in [1.807, 2.05) is 13.0 Å². The molecule has 5 nitrogen and oxygen atoms in total. The molecule has 6 heteroatoms. The normalized spacial score (nSPS) is 15.5. The quantitative estimate of drug-likeness (QED) is 0.702. The number of amides is 1. The second kappa shape index (κ2) is 8.59. The van der Waals surface area contributed by atoms with Crippen molar-refractivity contribution in [1.82, 2.24) is 4.57 Å². The first-order valence-electron chi connectivity index (χ1n) is 9.88. The minimum atomic E-state index is -0.772. The Bertz CT molecular complexity index is 901. The molecule has 3 rings (SSSR count). The number of unbranched alkanes of at least 4 members (excludes halogenated alkanes) is 1. The number of primary amides is 1. The van der Waals surface area contributed by atoms with Crippen LogP contribution in [0.1, 0.15) is 61.4 Å². The van der Waals surface area contributed by atoms with Crippen LogP contribution in [0.15, 0.2) is 41.5 Å². The largest absolute Gasteiger partial charge is 0.488 e. The highest BCUT2D eigenvalue weighted by molar-refractivity contribution is 5.92. The summed E-state index contributed by atoms with van der Waals surface area (Å²) in [5.74, 6) is -0.895. The van der Waals surface area contributed by atoms with Crippen LogP contribution in [0.3, 0.4) is 0 Å². The first-order valence-corrected chi connectivity index (χ1v) is 9.88. The Morgan fingerprint density at radius 2 is 2.04 bits per heavy atom. The Hall–Kier alpha value is -2.63. The lowest BCUT2D eigenvalue weighted by Gasteiger charge is -2.31. The molecule has 150 valence electrons. The monoisotopic (exact) mass is 386 g/mol. The number of hydrogen-bond acceptors (Lipinski definition) is 3. The molecule has 1 aliphatic rings. The number of carbonyl (C=O) groups excluding carboxylic acids is 1. The number of ether oxygens (including phenoxy) is 1. The summed E-state index contributed by atoms with van der Waals surface area (Å²) in [4.78, 5) is 24.3. The highest BCUT2D eigenvalue weighted by Crippen LogP contribution is 2.42. The van der Waals surface area contributed by atoms with Gasteiger partial charge in [-0.05, 0) is 37.0 Å². The molecule has 1 aromatic carbocycles. The zero-order chi connectivity index (χ0) is 20.1. The number of pyridine rings is 1. The van der Waals surface area contributed by atoms with E-state index >= 15 is 0 Å². The van der Waals surface area contributed by atoms with Crippen LogP contribution in [0.4, 0.5) is 4.39 Å². The number of nitrogens with two attached hydrogens (primary N) is 1. The second-order valence-corrected chi connectivity index (χ2v) is 7.60. The molecule has 0 atom stereocenters. The van der Waals surface area contributed by atoms with E-state index in [1.165, 1.54) is 12.3 Å². The van der Waals surface area contributed by atoms with E-state index in [9.17, 15) is 14.0 Å². The van der Waals surface area contributed by atoms with Gasteiger partial charge in [-0.15, -0.1) is 0 Å².